The average molecular weight is 442 g/mol. The van der Waals surface area contributed by atoms with Crippen molar-refractivity contribution in [1.82, 2.24) is 0 Å². The van der Waals surface area contributed by atoms with E-state index >= 15 is 0 Å². The Morgan fingerprint density at radius 1 is 1.20 bits per heavy atom. The van der Waals surface area contributed by atoms with Crippen molar-refractivity contribution in [2.24, 2.45) is 0 Å². The fraction of sp³-hybridized carbons (Fsp3) is 0.0625. The van der Waals surface area contributed by atoms with E-state index in [1.165, 1.54) is 0 Å². The summed E-state index contributed by atoms with van der Waals surface area (Å²) in [5.74, 6) is -0.154. The fourth-order valence-corrected chi connectivity index (χ4v) is 2.72. The van der Waals surface area contributed by atoms with Gasteiger partial charge in [0.05, 0.1) is 4.48 Å². The van der Waals surface area contributed by atoms with Gasteiger partial charge in [0.25, 0.3) is 5.91 Å². The number of nitrogens with one attached hydrogen (secondary N) is 1. The zero-order valence-corrected chi connectivity index (χ0v) is 14.6. The third-order valence-corrected chi connectivity index (χ3v) is 4.01. The zero-order valence-electron chi connectivity index (χ0n) is 10.9. The summed E-state index contributed by atoms with van der Waals surface area (Å²) >= 11 is 5.57. The lowest BCUT2D eigenvalue weighted by atomic mass is 10.2. The Hall–Kier alpha value is -1.14. The summed E-state index contributed by atoms with van der Waals surface area (Å²) in [6, 6.07) is 15.6. The van der Waals surface area contributed by atoms with E-state index in [1.807, 2.05) is 55.5 Å². The van der Waals surface area contributed by atoms with Gasteiger partial charge in [-0.2, -0.15) is 0 Å². The maximum atomic E-state index is 12.1. The van der Waals surface area contributed by atoms with Gasteiger partial charge in [0, 0.05) is 9.26 Å². The standard InChI is InChI=1S/C16H13BrINO/c1-11-9-13(18)7-8-15(11)19-16(20)14(17)10-12-5-3-2-4-6-12/h2-10H,1H3,(H,19,20)/b14-10-. The highest BCUT2D eigenvalue weighted by Crippen LogP contribution is 2.20. The highest BCUT2D eigenvalue weighted by molar-refractivity contribution is 14.1. The summed E-state index contributed by atoms with van der Waals surface area (Å²) in [6.07, 6.45) is 1.80. The number of hydrogen-bond donors (Lipinski definition) is 1. The van der Waals surface area contributed by atoms with Crippen LogP contribution in [0.4, 0.5) is 5.69 Å². The number of amides is 1. The highest BCUT2D eigenvalue weighted by Gasteiger charge is 2.08. The van der Waals surface area contributed by atoms with E-state index in [4.69, 9.17) is 0 Å². The molecule has 0 radical (unpaired) electrons. The van der Waals surface area contributed by atoms with Gasteiger partial charge >= 0.3 is 0 Å². The minimum atomic E-state index is -0.154. The van der Waals surface area contributed by atoms with Gasteiger partial charge < -0.3 is 5.32 Å². The molecule has 0 aliphatic carbocycles. The predicted octanol–water partition coefficient (Wildman–Crippen LogP) is 4.97. The summed E-state index contributed by atoms with van der Waals surface area (Å²) < 4.78 is 1.65. The normalized spacial score (nSPS) is 11.2. The van der Waals surface area contributed by atoms with Crippen LogP contribution in [-0.2, 0) is 4.79 Å². The van der Waals surface area contributed by atoms with Crippen molar-refractivity contribution < 1.29 is 4.79 Å². The molecule has 2 aromatic carbocycles. The van der Waals surface area contributed by atoms with E-state index in [0.717, 1.165) is 20.4 Å². The first-order chi connectivity index (χ1) is 9.56. The number of anilines is 1. The summed E-state index contributed by atoms with van der Waals surface area (Å²) in [5, 5.41) is 2.90. The molecule has 0 saturated heterocycles. The van der Waals surface area contributed by atoms with E-state index in [2.05, 4.69) is 43.8 Å². The van der Waals surface area contributed by atoms with Gasteiger partial charge in [-0.3, -0.25) is 4.79 Å². The maximum absolute atomic E-state index is 12.1. The highest BCUT2D eigenvalue weighted by atomic mass is 127. The number of aryl methyl sites for hydroxylation is 1. The van der Waals surface area contributed by atoms with Crippen molar-refractivity contribution in [3.8, 4) is 0 Å². The first-order valence-electron chi connectivity index (χ1n) is 6.06. The molecule has 2 rings (SSSR count). The first-order valence-corrected chi connectivity index (χ1v) is 7.93. The lowest BCUT2D eigenvalue weighted by molar-refractivity contribution is -0.112. The zero-order chi connectivity index (χ0) is 14.5. The van der Waals surface area contributed by atoms with Gasteiger partial charge in [0.15, 0.2) is 0 Å². The van der Waals surface area contributed by atoms with Gasteiger partial charge in [-0.25, -0.2) is 0 Å². The molecule has 0 aliphatic rings. The van der Waals surface area contributed by atoms with Crippen LogP contribution in [0.1, 0.15) is 11.1 Å². The number of benzene rings is 2. The van der Waals surface area contributed by atoms with E-state index in [-0.39, 0.29) is 5.91 Å². The fourth-order valence-electron chi connectivity index (χ4n) is 1.71. The summed E-state index contributed by atoms with van der Waals surface area (Å²) in [6.45, 7) is 1.98. The third kappa shape index (κ3) is 4.18. The number of rotatable bonds is 3. The second-order valence-corrected chi connectivity index (χ2v) is 6.42. The van der Waals surface area contributed by atoms with E-state index in [9.17, 15) is 4.79 Å². The molecule has 0 heterocycles. The largest absolute Gasteiger partial charge is 0.321 e. The van der Waals surface area contributed by atoms with Crippen LogP contribution in [0.2, 0.25) is 0 Å². The molecule has 4 heteroatoms. The van der Waals surface area contributed by atoms with Crippen LogP contribution in [0.25, 0.3) is 6.08 Å². The van der Waals surface area contributed by atoms with Crippen LogP contribution in [-0.4, -0.2) is 5.91 Å². The second-order valence-electron chi connectivity index (χ2n) is 4.32. The van der Waals surface area contributed by atoms with E-state index in [0.29, 0.717) is 4.48 Å². The number of carbonyl (C=O) groups is 1. The lowest BCUT2D eigenvalue weighted by Crippen LogP contribution is -2.12. The topological polar surface area (TPSA) is 29.1 Å². The minimum Gasteiger partial charge on any atom is -0.321 e. The van der Waals surface area contributed by atoms with Crippen LogP contribution < -0.4 is 5.32 Å². The minimum absolute atomic E-state index is 0.154. The number of hydrogen-bond acceptors (Lipinski definition) is 1. The molecule has 102 valence electrons. The molecule has 0 aromatic heterocycles. The monoisotopic (exact) mass is 441 g/mol. The van der Waals surface area contributed by atoms with Crippen molar-refractivity contribution in [2.75, 3.05) is 5.32 Å². The van der Waals surface area contributed by atoms with Gasteiger partial charge in [-0.05, 0) is 80.8 Å². The van der Waals surface area contributed by atoms with Crippen LogP contribution in [0, 0.1) is 10.5 Å². The van der Waals surface area contributed by atoms with Crippen LogP contribution in [0.15, 0.2) is 53.0 Å². The second kappa shape index (κ2) is 7.04. The summed E-state index contributed by atoms with van der Waals surface area (Å²) in [7, 11) is 0. The van der Waals surface area contributed by atoms with Gasteiger partial charge in [0.2, 0.25) is 0 Å². The molecule has 0 unspecified atom stereocenters. The van der Waals surface area contributed by atoms with Crippen LogP contribution in [0.5, 0.6) is 0 Å². The van der Waals surface area contributed by atoms with Gasteiger partial charge in [-0.1, -0.05) is 30.3 Å². The Labute approximate surface area is 140 Å². The molecular weight excluding hydrogens is 429 g/mol. The molecule has 0 atom stereocenters. The molecule has 0 aliphatic heterocycles. The lowest BCUT2D eigenvalue weighted by Gasteiger charge is -2.08. The van der Waals surface area contributed by atoms with Crippen LogP contribution >= 0.6 is 38.5 Å². The molecule has 0 bridgehead atoms. The van der Waals surface area contributed by atoms with Crippen molar-refractivity contribution in [3.05, 3.63) is 67.7 Å². The maximum Gasteiger partial charge on any atom is 0.262 e. The summed E-state index contributed by atoms with van der Waals surface area (Å²) in [5.41, 5.74) is 2.85. The Balaban J connectivity index is 2.14. The Bertz CT molecular complexity index is 653. The molecule has 1 N–H and O–H groups in total. The first kappa shape index (κ1) is 15.3. The molecule has 0 saturated carbocycles. The molecule has 0 fully saturated rings. The molecular formula is C16H13BrINO. The molecule has 2 nitrogen and oxygen atoms in total. The molecule has 20 heavy (non-hydrogen) atoms. The predicted molar refractivity (Wildman–Crippen MR) is 95.9 cm³/mol. The van der Waals surface area contributed by atoms with E-state index in [1.54, 1.807) is 6.08 Å². The Morgan fingerprint density at radius 2 is 1.90 bits per heavy atom. The smallest absolute Gasteiger partial charge is 0.262 e. The van der Waals surface area contributed by atoms with Crippen molar-refractivity contribution in [2.45, 2.75) is 6.92 Å². The quantitative estimate of drug-likeness (QED) is 0.528. The van der Waals surface area contributed by atoms with Crippen molar-refractivity contribution >= 4 is 56.2 Å². The summed E-state index contributed by atoms with van der Waals surface area (Å²) in [4.78, 5) is 12.1. The van der Waals surface area contributed by atoms with Gasteiger partial charge in [-0.15, -0.1) is 0 Å². The number of carbonyl (C=O) groups excluding carboxylic acids is 1. The van der Waals surface area contributed by atoms with E-state index < -0.39 is 0 Å². The molecule has 2 aromatic rings. The molecule has 1 amide bonds. The van der Waals surface area contributed by atoms with Crippen molar-refractivity contribution in [3.63, 3.8) is 0 Å². The Morgan fingerprint density at radius 3 is 2.55 bits per heavy atom. The van der Waals surface area contributed by atoms with Gasteiger partial charge in [0.1, 0.15) is 0 Å². The van der Waals surface area contributed by atoms with Crippen LogP contribution in [0.3, 0.4) is 0 Å². The molecule has 0 spiro atoms. The third-order valence-electron chi connectivity index (χ3n) is 2.75. The van der Waals surface area contributed by atoms with Crippen molar-refractivity contribution in [1.29, 1.82) is 0 Å². The Kier molecular flexibility index (Phi) is 5.37. The average Bonchev–Trinajstić information content (AvgIpc) is 2.43. The number of halogens is 2. The SMILES string of the molecule is Cc1cc(I)ccc1NC(=O)/C(Br)=C/c1ccccc1.